The maximum atomic E-state index is 14.6. The number of anilines is 1. The molecule has 6 nitrogen and oxygen atoms in total. The smallest absolute Gasteiger partial charge is 0.368 e. The van der Waals surface area contributed by atoms with Crippen molar-refractivity contribution >= 4 is 23.1 Å². The first-order valence-electron chi connectivity index (χ1n) is 11.2. The Morgan fingerprint density at radius 3 is 2.53 bits per heavy atom. The SMILES string of the molecule is Cc1ccc(-c2sc(C)nc2C(=O)N2CC(F)(F)CC(C)C2CNc2ccc(C(F)(F)F)cn2)nc1. The number of halogens is 5. The van der Waals surface area contributed by atoms with Crippen LogP contribution in [-0.4, -0.2) is 50.8 Å². The van der Waals surface area contributed by atoms with E-state index in [-0.39, 0.29) is 18.1 Å². The van der Waals surface area contributed by atoms with E-state index in [1.54, 1.807) is 26.1 Å². The Balaban J connectivity index is 1.60. The van der Waals surface area contributed by atoms with Crippen LogP contribution < -0.4 is 5.32 Å². The topological polar surface area (TPSA) is 71.0 Å². The van der Waals surface area contributed by atoms with Crippen LogP contribution in [0.25, 0.3) is 10.6 Å². The highest BCUT2D eigenvalue weighted by atomic mass is 32.1. The summed E-state index contributed by atoms with van der Waals surface area (Å²) in [6.45, 7) is 4.46. The second-order valence-corrected chi connectivity index (χ2v) is 10.2. The van der Waals surface area contributed by atoms with Gasteiger partial charge in [0, 0.05) is 25.4 Å². The summed E-state index contributed by atoms with van der Waals surface area (Å²) in [5.41, 5.74) is 0.610. The fourth-order valence-electron chi connectivity index (χ4n) is 4.24. The summed E-state index contributed by atoms with van der Waals surface area (Å²) in [5.74, 6) is -4.18. The van der Waals surface area contributed by atoms with Crippen molar-refractivity contribution in [2.75, 3.05) is 18.4 Å². The van der Waals surface area contributed by atoms with Gasteiger partial charge in [-0.1, -0.05) is 13.0 Å². The zero-order chi connectivity index (χ0) is 26.3. The number of piperidine rings is 1. The van der Waals surface area contributed by atoms with E-state index in [9.17, 15) is 26.7 Å². The summed E-state index contributed by atoms with van der Waals surface area (Å²) in [4.78, 5) is 27.7. The third kappa shape index (κ3) is 5.63. The molecular formula is C24H24F5N5OS. The van der Waals surface area contributed by atoms with Gasteiger partial charge >= 0.3 is 6.18 Å². The number of rotatable bonds is 5. The number of carbonyl (C=O) groups excluding carboxylic acids is 1. The molecule has 4 heterocycles. The van der Waals surface area contributed by atoms with Gasteiger partial charge in [0.15, 0.2) is 0 Å². The van der Waals surface area contributed by atoms with Crippen LogP contribution in [-0.2, 0) is 6.18 Å². The molecule has 0 spiro atoms. The first-order chi connectivity index (χ1) is 16.8. The molecule has 0 bridgehead atoms. The highest BCUT2D eigenvalue weighted by Crippen LogP contribution is 2.37. The molecule has 1 N–H and O–H groups in total. The predicted molar refractivity (Wildman–Crippen MR) is 126 cm³/mol. The Labute approximate surface area is 208 Å². The molecule has 2 unspecified atom stereocenters. The van der Waals surface area contributed by atoms with Gasteiger partial charge in [-0.2, -0.15) is 13.2 Å². The molecule has 192 valence electrons. The minimum absolute atomic E-state index is 0.0303. The molecule has 1 aliphatic heterocycles. The number of alkyl halides is 5. The summed E-state index contributed by atoms with van der Waals surface area (Å²) in [6, 6.07) is 4.98. The highest BCUT2D eigenvalue weighted by Gasteiger charge is 2.47. The zero-order valence-corrected chi connectivity index (χ0v) is 20.6. The molecule has 1 fully saturated rings. The molecule has 3 aromatic rings. The lowest BCUT2D eigenvalue weighted by atomic mass is 9.88. The van der Waals surface area contributed by atoms with Crippen LogP contribution in [0.4, 0.5) is 27.8 Å². The van der Waals surface area contributed by atoms with Crippen molar-refractivity contribution in [1.29, 1.82) is 0 Å². The van der Waals surface area contributed by atoms with Crippen molar-refractivity contribution in [1.82, 2.24) is 19.9 Å². The summed E-state index contributed by atoms with van der Waals surface area (Å²) < 4.78 is 67.6. The minimum Gasteiger partial charge on any atom is -0.368 e. The summed E-state index contributed by atoms with van der Waals surface area (Å²) in [5, 5.41) is 3.49. The van der Waals surface area contributed by atoms with E-state index in [1.807, 2.05) is 13.0 Å². The number of thiazole rings is 1. The van der Waals surface area contributed by atoms with Gasteiger partial charge in [-0.25, -0.2) is 18.7 Å². The Morgan fingerprint density at radius 2 is 1.92 bits per heavy atom. The lowest BCUT2D eigenvalue weighted by Crippen LogP contribution is -2.57. The number of carbonyl (C=O) groups is 1. The number of aryl methyl sites for hydroxylation is 2. The second kappa shape index (κ2) is 9.72. The first kappa shape index (κ1) is 25.9. The van der Waals surface area contributed by atoms with Crippen LogP contribution >= 0.6 is 11.3 Å². The van der Waals surface area contributed by atoms with E-state index in [4.69, 9.17) is 0 Å². The number of nitrogens with zero attached hydrogens (tertiary/aromatic N) is 4. The molecule has 2 atom stereocenters. The van der Waals surface area contributed by atoms with Crippen LogP contribution in [0.5, 0.6) is 0 Å². The Bertz CT molecular complexity index is 1230. The van der Waals surface area contributed by atoms with Crippen LogP contribution in [0.2, 0.25) is 0 Å². The van der Waals surface area contributed by atoms with E-state index in [0.29, 0.717) is 21.8 Å². The molecule has 1 saturated heterocycles. The monoisotopic (exact) mass is 525 g/mol. The van der Waals surface area contributed by atoms with Gasteiger partial charge < -0.3 is 10.2 Å². The average molecular weight is 526 g/mol. The molecule has 0 radical (unpaired) electrons. The van der Waals surface area contributed by atoms with Crippen molar-refractivity contribution in [2.24, 2.45) is 5.92 Å². The number of amides is 1. The largest absolute Gasteiger partial charge is 0.417 e. The number of pyridine rings is 2. The molecule has 0 aromatic carbocycles. The van der Waals surface area contributed by atoms with Gasteiger partial charge in [0.2, 0.25) is 0 Å². The second-order valence-electron chi connectivity index (χ2n) is 8.98. The lowest BCUT2D eigenvalue weighted by molar-refractivity contribution is -0.137. The Kier molecular flexibility index (Phi) is 7.00. The molecule has 0 aliphatic carbocycles. The van der Waals surface area contributed by atoms with Gasteiger partial charge in [0.05, 0.1) is 33.7 Å². The standard InChI is InChI=1S/C24H24F5N5OS/c1-13-4-6-17(30-9-13)21-20(33-15(3)36-21)22(35)34-12-23(25,26)8-14(2)18(34)11-32-19-7-5-16(10-31-19)24(27,28)29/h4-7,9-10,14,18H,8,11-12H2,1-3H3,(H,31,32). The summed E-state index contributed by atoms with van der Waals surface area (Å²) in [6.07, 6.45) is -2.60. The fraction of sp³-hybridized carbons (Fsp3) is 0.417. The minimum atomic E-state index is -4.52. The van der Waals surface area contributed by atoms with Crippen molar-refractivity contribution < 1.29 is 26.7 Å². The third-order valence-corrected chi connectivity index (χ3v) is 7.00. The van der Waals surface area contributed by atoms with Crippen molar-refractivity contribution in [3.05, 3.63) is 58.5 Å². The highest BCUT2D eigenvalue weighted by molar-refractivity contribution is 7.15. The molecule has 12 heteroatoms. The van der Waals surface area contributed by atoms with E-state index in [1.165, 1.54) is 17.4 Å². The average Bonchev–Trinajstić information content (AvgIpc) is 3.19. The van der Waals surface area contributed by atoms with Crippen LogP contribution in [0.3, 0.4) is 0 Å². The van der Waals surface area contributed by atoms with Crippen LogP contribution in [0.15, 0.2) is 36.7 Å². The number of hydrogen-bond donors (Lipinski definition) is 1. The van der Waals surface area contributed by atoms with E-state index in [2.05, 4.69) is 20.3 Å². The fourth-order valence-corrected chi connectivity index (χ4v) is 5.13. The molecular weight excluding hydrogens is 501 g/mol. The van der Waals surface area contributed by atoms with Crippen molar-refractivity contribution in [2.45, 2.75) is 45.3 Å². The molecule has 0 saturated carbocycles. The quantitative estimate of drug-likeness (QED) is 0.424. The molecule has 36 heavy (non-hydrogen) atoms. The maximum absolute atomic E-state index is 14.6. The van der Waals surface area contributed by atoms with Gasteiger partial charge in [0.25, 0.3) is 11.8 Å². The molecule has 1 amide bonds. The van der Waals surface area contributed by atoms with Crippen molar-refractivity contribution in [3.63, 3.8) is 0 Å². The van der Waals surface area contributed by atoms with Gasteiger partial charge in [-0.15, -0.1) is 11.3 Å². The number of hydrogen-bond acceptors (Lipinski definition) is 6. The maximum Gasteiger partial charge on any atom is 0.417 e. The summed E-state index contributed by atoms with van der Waals surface area (Å²) in [7, 11) is 0. The lowest BCUT2D eigenvalue weighted by Gasteiger charge is -2.43. The number of nitrogens with one attached hydrogen (secondary N) is 1. The zero-order valence-electron chi connectivity index (χ0n) is 19.7. The number of aromatic nitrogens is 3. The predicted octanol–water partition coefficient (Wildman–Crippen LogP) is 5.83. The van der Waals surface area contributed by atoms with Crippen LogP contribution in [0, 0.1) is 19.8 Å². The Hall–Kier alpha value is -3.15. The van der Waals surface area contributed by atoms with E-state index < -0.39 is 48.5 Å². The van der Waals surface area contributed by atoms with E-state index >= 15 is 0 Å². The first-order valence-corrected chi connectivity index (χ1v) is 12.0. The molecule has 4 rings (SSSR count). The number of likely N-dealkylation sites (tertiary alicyclic amines) is 1. The summed E-state index contributed by atoms with van der Waals surface area (Å²) >= 11 is 1.25. The molecule has 1 aliphatic rings. The van der Waals surface area contributed by atoms with E-state index in [0.717, 1.165) is 16.5 Å². The van der Waals surface area contributed by atoms with Gasteiger partial charge in [-0.05, 0) is 43.5 Å². The van der Waals surface area contributed by atoms with Gasteiger partial charge in [0.1, 0.15) is 11.5 Å². The third-order valence-electron chi connectivity index (χ3n) is 6.00. The van der Waals surface area contributed by atoms with Crippen LogP contribution in [0.1, 0.15) is 40.0 Å². The Morgan fingerprint density at radius 1 is 1.17 bits per heavy atom. The molecule has 3 aromatic heterocycles. The van der Waals surface area contributed by atoms with Gasteiger partial charge in [-0.3, -0.25) is 9.78 Å². The normalized spacial score (nSPS) is 19.8. The van der Waals surface area contributed by atoms with Crippen molar-refractivity contribution in [3.8, 4) is 10.6 Å².